The molecule has 3 heteroatoms. The van der Waals surface area contributed by atoms with Crippen molar-refractivity contribution in [1.29, 1.82) is 0 Å². The summed E-state index contributed by atoms with van der Waals surface area (Å²) >= 11 is 0. The molecule has 0 aromatic carbocycles. The maximum atomic E-state index is 12.5. The highest BCUT2D eigenvalue weighted by Crippen LogP contribution is 2.42. The van der Waals surface area contributed by atoms with E-state index in [0.717, 1.165) is 18.8 Å². The minimum atomic E-state index is -0.164. The number of aliphatic imine (C=N–C) groups is 1. The SMILES string of the molecule is C[C@@H]1CC(CCC2CC=C(C3CCC3CCF)C=N2)CCN1. The Kier molecular flexibility index (Phi) is 5.67. The molecule has 22 heavy (non-hydrogen) atoms. The van der Waals surface area contributed by atoms with Gasteiger partial charge in [-0.25, -0.2) is 0 Å². The third kappa shape index (κ3) is 3.98. The molecule has 2 aliphatic heterocycles. The number of halogens is 1. The number of rotatable bonds is 6. The fourth-order valence-corrected chi connectivity index (χ4v) is 4.44. The van der Waals surface area contributed by atoms with Crippen LogP contribution in [0.1, 0.15) is 58.3 Å². The fraction of sp³-hybridized carbons (Fsp3) is 0.842. The zero-order valence-electron chi connectivity index (χ0n) is 13.9. The average molecular weight is 306 g/mol. The predicted octanol–water partition coefficient (Wildman–Crippen LogP) is 4.31. The van der Waals surface area contributed by atoms with Gasteiger partial charge in [0.2, 0.25) is 0 Å². The standard InChI is InChI=1S/C19H31FN2/c1-14-12-15(9-11-21-14)2-5-18-6-3-17(13-22-18)19-7-4-16(19)8-10-20/h3,13-16,18-19,21H,2,4-12H2,1H3/t14-,15?,16?,18?,19?/m1/s1. The van der Waals surface area contributed by atoms with Gasteiger partial charge in [0.25, 0.3) is 0 Å². The second kappa shape index (κ2) is 7.72. The van der Waals surface area contributed by atoms with Crippen LogP contribution in [-0.2, 0) is 0 Å². The van der Waals surface area contributed by atoms with Gasteiger partial charge in [0.05, 0.1) is 12.7 Å². The summed E-state index contributed by atoms with van der Waals surface area (Å²) in [6, 6.07) is 1.18. The molecule has 0 radical (unpaired) electrons. The van der Waals surface area contributed by atoms with Crippen molar-refractivity contribution in [2.24, 2.45) is 22.7 Å². The first-order valence-corrected chi connectivity index (χ1v) is 9.29. The van der Waals surface area contributed by atoms with Gasteiger partial charge in [-0.05, 0) is 88.2 Å². The Bertz CT molecular complexity index is 418. The molecule has 0 amide bonds. The molecule has 3 rings (SSSR count). The summed E-state index contributed by atoms with van der Waals surface area (Å²) in [5, 5.41) is 3.53. The van der Waals surface area contributed by atoms with E-state index in [0.29, 0.717) is 23.9 Å². The van der Waals surface area contributed by atoms with E-state index in [1.165, 1.54) is 50.6 Å². The molecule has 1 saturated heterocycles. The van der Waals surface area contributed by atoms with Crippen molar-refractivity contribution in [3.05, 3.63) is 11.6 Å². The van der Waals surface area contributed by atoms with Crippen LogP contribution in [0.3, 0.4) is 0 Å². The highest BCUT2D eigenvalue weighted by Gasteiger charge is 2.33. The summed E-state index contributed by atoms with van der Waals surface area (Å²) in [6.07, 6.45) is 14.0. The molecule has 2 heterocycles. The number of nitrogens with zero attached hydrogens (tertiary/aromatic N) is 1. The van der Waals surface area contributed by atoms with E-state index in [1.54, 1.807) is 0 Å². The van der Waals surface area contributed by atoms with Crippen molar-refractivity contribution < 1.29 is 4.39 Å². The van der Waals surface area contributed by atoms with Gasteiger partial charge in [0, 0.05) is 12.3 Å². The van der Waals surface area contributed by atoms with Gasteiger partial charge in [0.1, 0.15) is 0 Å². The zero-order chi connectivity index (χ0) is 15.4. The average Bonchev–Trinajstić information content (AvgIpc) is 2.51. The highest BCUT2D eigenvalue weighted by molar-refractivity contribution is 5.80. The summed E-state index contributed by atoms with van der Waals surface area (Å²) in [7, 11) is 0. The lowest BCUT2D eigenvalue weighted by Gasteiger charge is -2.38. The molecule has 0 spiro atoms. The van der Waals surface area contributed by atoms with Gasteiger partial charge in [-0.1, -0.05) is 6.08 Å². The smallest absolute Gasteiger partial charge is 0.0897 e. The molecule has 1 N–H and O–H groups in total. The summed E-state index contributed by atoms with van der Waals surface area (Å²) in [6.45, 7) is 3.32. The van der Waals surface area contributed by atoms with Gasteiger partial charge in [0.15, 0.2) is 0 Å². The molecule has 0 aromatic heterocycles. The number of nitrogens with one attached hydrogen (secondary N) is 1. The van der Waals surface area contributed by atoms with E-state index in [4.69, 9.17) is 4.99 Å². The minimum absolute atomic E-state index is 0.164. The molecule has 4 unspecified atom stereocenters. The van der Waals surface area contributed by atoms with E-state index in [1.807, 2.05) is 0 Å². The minimum Gasteiger partial charge on any atom is -0.314 e. The second-order valence-electron chi connectivity index (χ2n) is 7.62. The van der Waals surface area contributed by atoms with Gasteiger partial charge in [-0.2, -0.15) is 0 Å². The summed E-state index contributed by atoms with van der Waals surface area (Å²) in [4.78, 5) is 4.81. The van der Waals surface area contributed by atoms with Crippen molar-refractivity contribution >= 4 is 6.21 Å². The molecule has 124 valence electrons. The van der Waals surface area contributed by atoms with Crippen LogP contribution >= 0.6 is 0 Å². The molecule has 2 nitrogen and oxygen atoms in total. The number of dihydropyridines is 1. The molecule has 0 bridgehead atoms. The zero-order valence-corrected chi connectivity index (χ0v) is 13.9. The van der Waals surface area contributed by atoms with Gasteiger partial charge in [-0.15, -0.1) is 0 Å². The first-order chi connectivity index (χ1) is 10.8. The number of allylic oxidation sites excluding steroid dienone is 1. The third-order valence-electron chi connectivity index (χ3n) is 6.03. The van der Waals surface area contributed by atoms with Crippen LogP contribution in [0.4, 0.5) is 4.39 Å². The van der Waals surface area contributed by atoms with Crippen LogP contribution < -0.4 is 5.32 Å². The molecular weight excluding hydrogens is 275 g/mol. The Morgan fingerprint density at radius 1 is 1.23 bits per heavy atom. The van der Waals surface area contributed by atoms with Crippen LogP contribution in [0.15, 0.2) is 16.6 Å². The fourth-order valence-electron chi connectivity index (χ4n) is 4.44. The van der Waals surface area contributed by atoms with Crippen LogP contribution in [0, 0.1) is 17.8 Å². The molecular formula is C19H31FN2. The molecule has 5 atom stereocenters. The van der Waals surface area contributed by atoms with Gasteiger partial charge >= 0.3 is 0 Å². The molecule has 1 saturated carbocycles. The number of hydrogen-bond acceptors (Lipinski definition) is 2. The van der Waals surface area contributed by atoms with Gasteiger partial charge < -0.3 is 5.32 Å². The van der Waals surface area contributed by atoms with E-state index in [-0.39, 0.29) is 6.67 Å². The van der Waals surface area contributed by atoms with Crippen LogP contribution in [0.2, 0.25) is 0 Å². The first kappa shape index (κ1) is 16.2. The van der Waals surface area contributed by atoms with E-state index in [9.17, 15) is 4.39 Å². The Balaban J connectivity index is 1.41. The van der Waals surface area contributed by atoms with E-state index < -0.39 is 0 Å². The van der Waals surface area contributed by atoms with Gasteiger partial charge in [-0.3, -0.25) is 9.38 Å². The molecule has 1 aliphatic carbocycles. The number of piperidine rings is 1. The number of alkyl halides is 1. The maximum absolute atomic E-state index is 12.5. The molecule has 2 fully saturated rings. The second-order valence-corrected chi connectivity index (χ2v) is 7.62. The lowest BCUT2D eigenvalue weighted by Crippen LogP contribution is -2.36. The third-order valence-corrected chi connectivity index (χ3v) is 6.03. The topological polar surface area (TPSA) is 24.4 Å². The van der Waals surface area contributed by atoms with E-state index in [2.05, 4.69) is 24.5 Å². The quantitative estimate of drug-likeness (QED) is 0.777. The van der Waals surface area contributed by atoms with Crippen molar-refractivity contribution in [3.8, 4) is 0 Å². The monoisotopic (exact) mass is 306 g/mol. The molecule has 3 aliphatic rings. The van der Waals surface area contributed by atoms with Crippen molar-refractivity contribution in [2.45, 2.75) is 70.4 Å². The number of hydrogen-bond donors (Lipinski definition) is 1. The Labute approximate surface area is 134 Å². The largest absolute Gasteiger partial charge is 0.314 e. The predicted molar refractivity (Wildman–Crippen MR) is 91.2 cm³/mol. The summed E-state index contributed by atoms with van der Waals surface area (Å²) < 4.78 is 12.5. The van der Waals surface area contributed by atoms with Crippen LogP contribution in [0.25, 0.3) is 0 Å². The van der Waals surface area contributed by atoms with Crippen molar-refractivity contribution in [3.63, 3.8) is 0 Å². The Morgan fingerprint density at radius 2 is 2.14 bits per heavy atom. The highest BCUT2D eigenvalue weighted by atomic mass is 19.1. The van der Waals surface area contributed by atoms with Crippen molar-refractivity contribution in [2.75, 3.05) is 13.2 Å². The first-order valence-electron chi connectivity index (χ1n) is 9.29. The maximum Gasteiger partial charge on any atom is 0.0897 e. The lowest BCUT2D eigenvalue weighted by atomic mass is 9.68. The molecule has 0 aromatic rings. The summed E-state index contributed by atoms with van der Waals surface area (Å²) in [5.74, 6) is 2.07. The summed E-state index contributed by atoms with van der Waals surface area (Å²) in [5.41, 5.74) is 1.40. The van der Waals surface area contributed by atoms with Crippen LogP contribution in [-0.4, -0.2) is 31.5 Å². The normalized spacial score (nSPS) is 38.5. The van der Waals surface area contributed by atoms with E-state index >= 15 is 0 Å². The van der Waals surface area contributed by atoms with Crippen LogP contribution in [0.5, 0.6) is 0 Å². The Morgan fingerprint density at radius 3 is 2.77 bits per heavy atom. The van der Waals surface area contributed by atoms with Crippen molar-refractivity contribution in [1.82, 2.24) is 5.32 Å². The lowest BCUT2D eigenvalue weighted by molar-refractivity contribution is 0.189. The Hall–Kier alpha value is -0.700.